The number of amides is 2. The lowest BCUT2D eigenvalue weighted by Crippen LogP contribution is -2.26. The Bertz CT molecular complexity index is 171. The predicted octanol–water partition coefficient (Wildman–Crippen LogP) is 0.210. The first-order chi connectivity index (χ1) is 4.75. The first-order valence-corrected chi connectivity index (χ1v) is 2.89. The first-order valence-electron chi connectivity index (χ1n) is 2.89. The molecular formula is C6H7NO3. The molecule has 1 aliphatic rings. The van der Waals surface area contributed by atoms with Crippen molar-refractivity contribution < 1.29 is 14.4 Å². The van der Waals surface area contributed by atoms with Crippen LogP contribution in [0, 0.1) is 0 Å². The van der Waals surface area contributed by atoms with E-state index in [4.69, 9.17) is 0 Å². The number of hydrogen-bond donors (Lipinski definition) is 0. The van der Waals surface area contributed by atoms with Gasteiger partial charge in [-0.05, 0) is 0 Å². The maximum atomic E-state index is 10.7. The molecule has 1 fully saturated rings. The van der Waals surface area contributed by atoms with Crippen LogP contribution in [0.5, 0.6) is 0 Å². The van der Waals surface area contributed by atoms with Gasteiger partial charge in [0.1, 0.15) is 6.26 Å². The Kier molecular flexibility index (Phi) is 1.71. The van der Waals surface area contributed by atoms with Gasteiger partial charge in [-0.2, -0.15) is 0 Å². The molecule has 0 unspecified atom stereocenters. The van der Waals surface area contributed by atoms with E-state index < -0.39 is 0 Å². The van der Waals surface area contributed by atoms with Gasteiger partial charge in [-0.25, -0.2) is 0 Å². The summed E-state index contributed by atoms with van der Waals surface area (Å²) in [7, 11) is 0. The van der Waals surface area contributed by atoms with Crippen molar-refractivity contribution in [1.82, 2.24) is 5.06 Å². The highest BCUT2D eigenvalue weighted by molar-refractivity contribution is 6.00. The zero-order chi connectivity index (χ0) is 7.56. The molecule has 0 saturated carbocycles. The van der Waals surface area contributed by atoms with E-state index in [0.717, 1.165) is 11.3 Å². The van der Waals surface area contributed by atoms with Crippen LogP contribution in [0.4, 0.5) is 0 Å². The van der Waals surface area contributed by atoms with Crippen LogP contribution in [0.15, 0.2) is 12.8 Å². The van der Waals surface area contributed by atoms with Crippen LogP contribution in [-0.2, 0) is 14.4 Å². The molecule has 0 spiro atoms. The number of nitrogens with zero attached hydrogens (tertiary/aromatic N) is 1. The van der Waals surface area contributed by atoms with Crippen molar-refractivity contribution in [3.05, 3.63) is 12.8 Å². The molecule has 1 saturated heterocycles. The van der Waals surface area contributed by atoms with E-state index in [0.29, 0.717) is 0 Å². The standard InChI is InChI=1S/C6H7NO3/c1-2-10-7-5(8)3-4-6(7)9/h2H,1,3-4H2. The summed E-state index contributed by atoms with van der Waals surface area (Å²) in [5.41, 5.74) is 0. The van der Waals surface area contributed by atoms with Crippen molar-refractivity contribution in [2.45, 2.75) is 12.8 Å². The van der Waals surface area contributed by atoms with E-state index in [1.165, 1.54) is 0 Å². The molecule has 0 bridgehead atoms. The number of carbonyl (C=O) groups is 2. The third-order valence-electron chi connectivity index (χ3n) is 1.19. The molecule has 0 atom stereocenters. The third-order valence-corrected chi connectivity index (χ3v) is 1.19. The fourth-order valence-corrected chi connectivity index (χ4v) is 0.748. The highest BCUT2D eigenvalue weighted by atomic mass is 16.7. The lowest BCUT2D eigenvalue weighted by molar-refractivity contribution is -0.172. The van der Waals surface area contributed by atoms with E-state index in [1.807, 2.05) is 0 Å². The second kappa shape index (κ2) is 2.51. The minimum atomic E-state index is -0.301. The van der Waals surface area contributed by atoms with Crippen molar-refractivity contribution in [1.29, 1.82) is 0 Å². The van der Waals surface area contributed by atoms with E-state index in [9.17, 15) is 9.59 Å². The predicted molar refractivity (Wildman–Crippen MR) is 32.4 cm³/mol. The molecule has 4 nitrogen and oxygen atoms in total. The van der Waals surface area contributed by atoms with Crippen LogP contribution in [0.1, 0.15) is 12.8 Å². The van der Waals surface area contributed by atoms with Gasteiger partial charge in [-0.15, -0.1) is 5.06 Å². The smallest absolute Gasteiger partial charge is 0.263 e. The Labute approximate surface area is 58.0 Å². The average molecular weight is 141 g/mol. The molecule has 54 valence electrons. The molecule has 0 aliphatic carbocycles. The summed E-state index contributed by atoms with van der Waals surface area (Å²) in [5, 5.41) is 0.729. The number of hydroxylamine groups is 2. The van der Waals surface area contributed by atoms with Crippen molar-refractivity contribution >= 4 is 11.8 Å². The number of hydrogen-bond acceptors (Lipinski definition) is 3. The molecule has 10 heavy (non-hydrogen) atoms. The van der Waals surface area contributed by atoms with Crippen LogP contribution in [0.3, 0.4) is 0 Å². The molecule has 4 heteroatoms. The van der Waals surface area contributed by atoms with E-state index in [1.54, 1.807) is 0 Å². The topological polar surface area (TPSA) is 46.6 Å². The molecule has 1 aliphatic heterocycles. The zero-order valence-corrected chi connectivity index (χ0v) is 5.37. The fraction of sp³-hybridized carbons (Fsp3) is 0.333. The third kappa shape index (κ3) is 1.00. The number of imide groups is 1. The summed E-state index contributed by atoms with van der Waals surface area (Å²) < 4.78 is 0. The maximum absolute atomic E-state index is 10.7. The molecule has 1 heterocycles. The Morgan fingerprint density at radius 3 is 2.30 bits per heavy atom. The monoisotopic (exact) mass is 141 g/mol. The summed E-state index contributed by atoms with van der Waals surface area (Å²) in [4.78, 5) is 25.9. The zero-order valence-electron chi connectivity index (χ0n) is 5.37. The normalized spacial score (nSPS) is 17.8. The van der Waals surface area contributed by atoms with Crippen LogP contribution in [0.25, 0.3) is 0 Å². The van der Waals surface area contributed by atoms with Gasteiger partial charge < -0.3 is 4.84 Å². The summed E-state index contributed by atoms with van der Waals surface area (Å²) >= 11 is 0. The van der Waals surface area contributed by atoms with Gasteiger partial charge in [0.15, 0.2) is 0 Å². The Hall–Kier alpha value is -1.32. The average Bonchev–Trinajstić information content (AvgIpc) is 2.20. The SMILES string of the molecule is C=CON1C(=O)CCC1=O. The maximum Gasteiger partial charge on any atom is 0.263 e. The lowest BCUT2D eigenvalue weighted by Gasteiger charge is -2.08. The Balaban J connectivity index is 2.62. The molecular weight excluding hydrogens is 134 g/mol. The molecule has 2 amide bonds. The summed E-state index contributed by atoms with van der Waals surface area (Å²) in [6.07, 6.45) is 1.54. The van der Waals surface area contributed by atoms with E-state index in [-0.39, 0.29) is 24.7 Å². The number of rotatable bonds is 2. The van der Waals surface area contributed by atoms with Crippen LogP contribution >= 0.6 is 0 Å². The number of carbonyl (C=O) groups excluding carboxylic acids is 2. The minimum absolute atomic E-state index is 0.243. The van der Waals surface area contributed by atoms with Crippen LogP contribution < -0.4 is 0 Å². The van der Waals surface area contributed by atoms with Crippen molar-refractivity contribution in [2.75, 3.05) is 0 Å². The van der Waals surface area contributed by atoms with Gasteiger partial charge in [-0.1, -0.05) is 6.58 Å². The fourth-order valence-electron chi connectivity index (χ4n) is 0.748. The lowest BCUT2D eigenvalue weighted by atomic mass is 10.4. The Morgan fingerprint density at radius 1 is 1.40 bits per heavy atom. The van der Waals surface area contributed by atoms with Crippen molar-refractivity contribution in [3.8, 4) is 0 Å². The largest absolute Gasteiger partial charge is 0.378 e. The quantitative estimate of drug-likeness (QED) is 0.408. The van der Waals surface area contributed by atoms with Crippen LogP contribution in [0.2, 0.25) is 0 Å². The van der Waals surface area contributed by atoms with Gasteiger partial charge in [-0.3, -0.25) is 9.59 Å². The van der Waals surface area contributed by atoms with Gasteiger partial charge in [0.2, 0.25) is 0 Å². The van der Waals surface area contributed by atoms with Crippen molar-refractivity contribution in [2.24, 2.45) is 0 Å². The second-order valence-corrected chi connectivity index (χ2v) is 1.85. The molecule has 0 aromatic carbocycles. The molecule has 0 radical (unpaired) electrons. The minimum Gasteiger partial charge on any atom is -0.378 e. The summed E-state index contributed by atoms with van der Waals surface area (Å²) in [5.74, 6) is -0.602. The highest BCUT2D eigenvalue weighted by Crippen LogP contribution is 2.11. The van der Waals surface area contributed by atoms with Crippen LogP contribution in [-0.4, -0.2) is 16.9 Å². The summed E-state index contributed by atoms with van der Waals surface area (Å²) in [6.45, 7) is 3.22. The Morgan fingerprint density at radius 2 is 1.90 bits per heavy atom. The van der Waals surface area contributed by atoms with Crippen molar-refractivity contribution in [3.63, 3.8) is 0 Å². The van der Waals surface area contributed by atoms with E-state index >= 15 is 0 Å². The van der Waals surface area contributed by atoms with Gasteiger partial charge in [0.25, 0.3) is 11.8 Å². The van der Waals surface area contributed by atoms with Gasteiger partial charge >= 0.3 is 0 Å². The summed E-state index contributed by atoms with van der Waals surface area (Å²) in [6, 6.07) is 0. The molecule has 1 rings (SSSR count). The second-order valence-electron chi connectivity index (χ2n) is 1.85. The van der Waals surface area contributed by atoms with Gasteiger partial charge in [0.05, 0.1) is 0 Å². The molecule has 0 aromatic rings. The molecule has 0 aromatic heterocycles. The van der Waals surface area contributed by atoms with E-state index in [2.05, 4.69) is 11.4 Å². The first kappa shape index (κ1) is 6.80. The molecule has 0 N–H and O–H groups in total. The van der Waals surface area contributed by atoms with Gasteiger partial charge in [0, 0.05) is 12.8 Å². The highest BCUT2D eigenvalue weighted by Gasteiger charge is 2.30.